The molecule has 74 valence electrons. The summed E-state index contributed by atoms with van der Waals surface area (Å²) in [6.45, 7) is -2.61. The molecule has 2 nitrogen and oxygen atoms in total. The molecule has 0 aliphatic carbocycles. The Kier molecular flexibility index (Phi) is 2.33. The lowest BCUT2D eigenvalue weighted by Gasteiger charge is -2.03. The third-order valence-electron chi connectivity index (χ3n) is 1.85. The molecule has 0 aromatic carbocycles. The van der Waals surface area contributed by atoms with Gasteiger partial charge in [0.25, 0.3) is 0 Å². The molecule has 0 unspecified atom stereocenters. The summed E-state index contributed by atoms with van der Waals surface area (Å²) < 4.78 is 25.7. The van der Waals surface area contributed by atoms with Crippen LogP contribution in [-0.4, -0.2) is 9.55 Å². The summed E-state index contributed by atoms with van der Waals surface area (Å²) in [6, 6.07) is 2.84. The van der Waals surface area contributed by atoms with E-state index in [-0.39, 0.29) is 15.8 Å². The molecular formula is C8H4Cl2F2N2. The first kappa shape index (κ1) is 9.68. The monoisotopic (exact) mass is 236 g/mol. The average molecular weight is 237 g/mol. The summed E-state index contributed by atoms with van der Waals surface area (Å²) in [5, 5.41) is 0.700. The van der Waals surface area contributed by atoms with Gasteiger partial charge >= 0.3 is 6.55 Å². The van der Waals surface area contributed by atoms with Crippen molar-refractivity contribution in [1.29, 1.82) is 0 Å². The molecule has 0 spiro atoms. The van der Waals surface area contributed by atoms with E-state index in [0.29, 0.717) is 5.39 Å². The fraction of sp³-hybridized carbons (Fsp3) is 0.125. The maximum Gasteiger partial charge on any atom is 0.319 e. The summed E-state index contributed by atoms with van der Waals surface area (Å²) >= 11 is 11.3. The molecular weight excluding hydrogens is 233 g/mol. The van der Waals surface area contributed by atoms with Crippen molar-refractivity contribution >= 4 is 34.1 Å². The Labute approximate surface area is 88.1 Å². The van der Waals surface area contributed by atoms with Gasteiger partial charge in [0.15, 0.2) is 0 Å². The minimum Gasteiger partial charge on any atom is -0.291 e. The van der Waals surface area contributed by atoms with Crippen molar-refractivity contribution in [2.24, 2.45) is 0 Å². The molecule has 0 fully saturated rings. The van der Waals surface area contributed by atoms with Crippen LogP contribution in [0, 0.1) is 0 Å². The zero-order valence-electron chi connectivity index (χ0n) is 6.72. The molecule has 0 aliphatic heterocycles. The molecule has 0 saturated carbocycles. The molecule has 0 bridgehead atoms. The van der Waals surface area contributed by atoms with Crippen LogP contribution in [0.4, 0.5) is 8.78 Å². The van der Waals surface area contributed by atoms with E-state index in [1.807, 2.05) is 0 Å². The second-order valence-corrected chi connectivity index (χ2v) is 3.41. The second kappa shape index (κ2) is 3.37. The first-order valence-corrected chi connectivity index (χ1v) is 4.46. The predicted octanol–water partition coefficient (Wildman–Crippen LogP) is 3.74. The standard InChI is InChI=1S/C8H4Cl2F2N2/c9-6-3-5-4(7(10)13-6)1-2-14(5)8(11)12/h1-3,8H. The zero-order valence-corrected chi connectivity index (χ0v) is 8.23. The van der Waals surface area contributed by atoms with Crippen molar-refractivity contribution in [3.63, 3.8) is 0 Å². The number of hydrogen-bond acceptors (Lipinski definition) is 1. The maximum atomic E-state index is 12.5. The first-order chi connectivity index (χ1) is 6.59. The molecule has 6 heteroatoms. The highest BCUT2D eigenvalue weighted by Crippen LogP contribution is 2.28. The normalized spacial score (nSPS) is 11.5. The van der Waals surface area contributed by atoms with Crippen LogP contribution in [0.3, 0.4) is 0 Å². The second-order valence-electron chi connectivity index (χ2n) is 2.67. The van der Waals surface area contributed by atoms with Crippen molar-refractivity contribution < 1.29 is 8.78 Å². The van der Waals surface area contributed by atoms with E-state index in [1.54, 1.807) is 0 Å². The van der Waals surface area contributed by atoms with E-state index in [9.17, 15) is 8.78 Å². The van der Waals surface area contributed by atoms with E-state index in [0.717, 1.165) is 4.57 Å². The van der Waals surface area contributed by atoms with Crippen LogP contribution in [0.15, 0.2) is 18.3 Å². The van der Waals surface area contributed by atoms with Crippen molar-refractivity contribution in [2.75, 3.05) is 0 Å². The molecule has 0 radical (unpaired) electrons. The molecule has 0 N–H and O–H groups in total. The average Bonchev–Trinajstić information content (AvgIpc) is 2.47. The van der Waals surface area contributed by atoms with Gasteiger partial charge in [-0.15, -0.1) is 0 Å². The lowest BCUT2D eigenvalue weighted by atomic mass is 10.3. The van der Waals surface area contributed by atoms with Gasteiger partial charge in [0.1, 0.15) is 10.3 Å². The molecule has 0 saturated heterocycles. The van der Waals surface area contributed by atoms with Gasteiger partial charge in [0.2, 0.25) is 0 Å². The van der Waals surface area contributed by atoms with E-state index in [1.165, 1.54) is 18.3 Å². The predicted molar refractivity (Wildman–Crippen MR) is 51.0 cm³/mol. The smallest absolute Gasteiger partial charge is 0.291 e. The largest absolute Gasteiger partial charge is 0.319 e. The topological polar surface area (TPSA) is 17.8 Å². The molecule has 2 aromatic heterocycles. The zero-order chi connectivity index (χ0) is 10.3. The van der Waals surface area contributed by atoms with Crippen molar-refractivity contribution in [1.82, 2.24) is 9.55 Å². The van der Waals surface area contributed by atoms with Crippen LogP contribution < -0.4 is 0 Å². The summed E-state index contributed by atoms with van der Waals surface area (Å²) in [5.41, 5.74) is 0.282. The Morgan fingerprint density at radius 2 is 2.07 bits per heavy atom. The van der Waals surface area contributed by atoms with Crippen LogP contribution in [0.1, 0.15) is 6.55 Å². The van der Waals surface area contributed by atoms with Crippen LogP contribution in [0.2, 0.25) is 10.3 Å². The fourth-order valence-electron chi connectivity index (χ4n) is 1.26. The number of nitrogens with zero attached hydrogens (tertiary/aromatic N) is 2. The number of halogens is 4. The lowest BCUT2D eigenvalue weighted by Crippen LogP contribution is -1.95. The molecule has 2 heterocycles. The summed E-state index contributed by atoms with van der Waals surface area (Å²) in [5.74, 6) is 0. The molecule has 0 aliphatic rings. The summed E-state index contributed by atoms with van der Waals surface area (Å²) in [7, 11) is 0. The van der Waals surface area contributed by atoms with Gasteiger partial charge in [-0.05, 0) is 6.07 Å². The van der Waals surface area contributed by atoms with E-state index >= 15 is 0 Å². The highest BCUT2D eigenvalue weighted by molar-refractivity contribution is 6.36. The van der Waals surface area contributed by atoms with Gasteiger partial charge < -0.3 is 0 Å². The number of fused-ring (bicyclic) bond motifs is 1. The Bertz CT molecular complexity index is 481. The minimum atomic E-state index is -2.61. The SMILES string of the molecule is FC(F)n1ccc2c(Cl)nc(Cl)cc21. The van der Waals surface area contributed by atoms with Gasteiger partial charge in [-0.2, -0.15) is 8.78 Å². The quantitative estimate of drug-likeness (QED) is 0.690. The number of rotatable bonds is 1. The van der Waals surface area contributed by atoms with Crippen LogP contribution >= 0.6 is 23.2 Å². The van der Waals surface area contributed by atoms with Crippen LogP contribution in [-0.2, 0) is 0 Å². The van der Waals surface area contributed by atoms with Crippen molar-refractivity contribution in [2.45, 2.75) is 6.55 Å². The molecule has 2 aromatic rings. The lowest BCUT2D eigenvalue weighted by molar-refractivity contribution is 0.0752. The first-order valence-electron chi connectivity index (χ1n) is 3.70. The van der Waals surface area contributed by atoms with E-state index in [4.69, 9.17) is 23.2 Å². The highest BCUT2D eigenvalue weighted by Gasteiger charge is 2.12. The minimum absolute atomic E-state index is 0.100. The molecule has 0 amide bonds. The third-order valence-corrected chi connectivity index (χ3v) is 2.33. The van der Waals surface area contributed by atoms with Crippen LogP contribution in [0.25, 0.3) is 10.9 Å². The van der Waals surface area contributed by atoms with Gasteiger partial charge in [0, 0.05) is 17.6 Å². The Morgan fingerprint density at radius 1 is 1.36 bits per heavy atom. The van der Waals surface area contributed by atoms with Gasteiger partial charge in [-0.3, -0.25) is 4.57 Å². The molecule has 14 heavy (non-hydrogen) atoms. The van der Waals surface area contributed by atoms with Gasteiger partial charge in [-0.1, -0.05) is 23.2 Å². The van der Waals surface area contributed by atoms with Crippen LogP contribution in [0.5, 0.6) is 0 Å². The maximum absolute atomic E-state index is 12.5. The summed E-state index contributed by atoms with van der Waals surface area (Å²) in [6.07, 6.45) is 1.25. The molecule has 0 atom stereocenters. The van der Waals surface area contributed by atoms with E-state index in [2.05, 4.69) is 4.98 Å². The van der Waals surface area contributed by atoms with Gasteiger partial charge in [-0.25, -0.2) is 4.98 Å². The highest BCUT2D eigenvalue weighted by atomic mass is 35.5. The van der Waals surface area contributed by atoms with Crippen molar-refractivity contribution in [3.8, 4) is 0 Å². The Balaban J connectivity index is 2.78. The number of pyridine rings is 1. The third kappa shape index (κ3) is 1.44. The van der Waals surface area contributed by atoms with Gasteiger partial charge in [0.05, 0.1) is 5.52 Å². The fourth-order valence-corrected chi connectivity index (χ4v) is 1.74. The number of aromatic nitrogens is 2. The van der Waals surface area contributed by atoms with Crippen molar-refractivity contribution in [3.05, 3.63) is 28.6 Å². The summed E-state index contributed by atoms with van der Waals surface area (Å²) in [4.78, 5) is 3.75. The Morgan fingerprint density at radius 3 is 2.71 bits per heavy atom. The Hall–Kier alpha value is -0.870. The molecule has 2 rings (SSSR count). The van der Waals surface area contributed by atoms with E-state index < -0.39 is 6.55 Å². The number of alkyl halides is 2. The number of hydrogen-bond donors (Lipinski definition) is 0.